The highest BCUT2D eigenvalue weighted by molar-refractivity contribution is 5.96. The summed E-state index contributed by atoms with van der Waals surface area (Å²) in [6, 6.07) is 2.44. The summed E-state index contributed by atoms with van der Waals surface area (Å²) in [5.74, 6) is -1.05. The molecule has 5 nitrogen and oxygen atoms in total. The number of benzene rings is 1. The van der Waals surface area contributed by atoms with Crippen LogP contribution in [0.4, 0.5) is 15.8 Å². The van der Waals surface area contributed by atoms with E-state index < -0.39 is 11.8 Å². The first-order valence-corrected chi connectivity index (χ1v) is 7.22. The van der Waals surface area contributed by atoms with Crippen molar-refractivity contribution in [3.63, 3.8) is 0 Å². The third-order valence-corrected chi connectivity index (χ3v) is 3.76. The van der Waals surface area contributed by atoms with Crippen molar-refractivity contribution in [1.29, 1.82) is 0 Å². The molecule has 1 aromatic rings. The van der Waals surface area contributed by atoms with Crippen LogP contribution in [-0.4, -0.2) is 36.9 Å². The Morgan fingerprint density at radius 2 is 2.29 bits per heavy atom. The van der Waals surface area contributed by atoms with E-state index in [4.69, 9.17) is 10.5 Å². The lowest BCUT2D eigenvalue weighted by molar-refractivity contribution is 0.0527. The fourth-order valence-corrected chi connectivity index (χ4v) is 2.69. The number of aliphatic hydroxyl groups is 1. The summed E-state index contributed by atoms with van der Waals surface area (Å²) < 4.78 is 19.2. The maximum absolute atomic E-state index is 14.2. The minimum atomic E-state index is -0.561. The van der Waals surface area contributed by atoms with Crippen molar-refractivity contribution < 1.29 is 19.0 Å². The Bertz CT molecular complexity index is 522. The van der Waals surface area contributed by atoms with Gasteiger partial charge in [-0.05, 0) is 38.3 Å². The molecule has 2 rings (SSSR count). The Labute approximate surface area is 123 Å². The van der Waals surface area contributed by atoms with Gasteiger partial charge in [-0.3, -0.25) is 0 Å². The lowest BCUT2D eigenvalue weighted by Crippen LogP contribution is -2.42. The fourth-order valence-electron chi connectivity index (χ4n) is 2.69. The average Bonchev–Trinajstić information content (AvgIpc) is 2.47. The number of ether oxygens (including phenoxy) is 1. The molecular formula is C15H21FN2O3. The molecule has 3 N–H and O–H groups in total. The van der Waals surface area contributed by atoms with Gasteiger partial charge in [-0.1, -0.05) is 0 Å². The predicted octanol–water partition coefficient (Wildman–Crippen LogP) is 1.94. The molecule has 1 aliphatic rings. The van der Waals surface area contributed by atoms with Gasteiger partial charge in [-0.25, -0.2) is 9.18 Å². The quantitative estimate of drug-likeness (QED) is 0.656. The predicted molar refractivity (Wildman–Crippen MR) is 78.8 cm³/mol. The molecule has 0 radical (unpaired) electrons. The Morgan fingerprint density at radius 3 is 2.95 bits per heavy atom. The van der Waals surface area contributed by atoms with Crippen LogP contribution in [0.5, 0.6) is 0 Å². The third kappa shape index (κ3) is 3.26. The second-order valence-electron chi connectivity index (χ2n) is 5.14. The minimum Gasteiger partial charge on any atom is -0.462 e. The maximum atomic E-state index is 14.2. The molecule has 0 aliphatic carbocycles. The van der Waals surface area contributed by atoms with E-state index in [0.717, 1.165) is 25.3 Å². The largest absolute Gasteiger partial charge is 0.462 e. The second kappa shape index (κ2) is 6.76. The van der Waals surface area contributed by atoms with Gasteiger partial charge < -0.3 is 20.5 Å². The molecule has 116 valence electrons. The normalized spacial score (nSPS) is 18.6. The van der Waals surface area contributed by atoms with Gasteiger partial charge in [0.15, 0.2) is 0 Å². The van der Waals surface area contributed by atoms with E-state index in [1.54, 1.807) is 11.8 Å². The molecule has 6 heteroatoms. The molecule has 1 saturated heterocycles. The van der Waals surface area contributed by atoms with Crippen LogP contribution in [0.1, 0.15) is 36.5 Å². The number of carbonyl (C=O) groups excluding carboxylic acids is 1. The highest BCUT2D eigenvalue weighted by Crippen LogP contribution is 2.30. The van der Waals surface area contributed by atoms with Gasteiger partial charge in [0.25, 0.3) is 0 Å². The molecule has 0 saturated carbocycles. The molecule has 0 spiro atoms. The number of nitrogen functional groups attached to an aromatic ring is 1. The van der Waals surface area contributed by atoms with Crippen molar-refractivity contribution in [3.8, 4) is 0 Å². The summed E-state index contributed by atoms with van der Waals surface area (Å²) in [7, 11) is 0. The molecule has 1 aromatic carbocycles. The van der Waals surface area contributed by atoms with Crippen molar-refractivity contribution in [1.82, 2.24) is 0 Å². The SMILES string of the molecule is CCOC(=O)c1cc(N2CCCCC2CO)c(F)cc1N. The first-order valence-electron chi connectivity index (χ1n) is 7.22. The zero-order valence-corrected chi connectivity index (χ0v) is 12.1. The molecule has 0 aromatic heterocycles. The smallest absolute Gasteiger partial charge is 0.340 e. The molecule has 0 amide bonds. The van der Waals surface area contributed by atoms with Gasteiger partial charge in [0.1, 0.15) is 5.82 Å². The Morgan fingerprint density at radius 1 is 1.52 bits per heavy atom. The highest BCUT2D eigenvalue weighted by Gasteiger charge is 2.26. The van der Waals surface area contributed by atoms with Crippen LogP contribution < -0.4 is 10.6 Å². The van der Waals surface area contributed by atoms with Gasteiger partial charge in [-0.2, -0.15) is 0 Å². The average molecular weight is 296 g/mol. The van der Waals surface area contributed by atoms with Crippen molar-refractivity contribution >= 4 is 17.3 Å². The number of halogens is 1. The molecule has 1 atom stereocenters. The number of aliphatic hydroxyl groups excluding tert-OH is 1. The van der Waals surface area contributed by atoms with E-state index in [9.17, 15) is 14.3 Å². The molecule has 0 bridgehead atoms. The summed E-state index contributed by atoms with van der Waals surface area (Å²) in [4.78, 5) is 13.7. The summed E-state index contributed by atoms with van der Waals surface area (Å²) >= 11 is 0. The van der Waals surface area contributed by atoms with E-state index >= 15 is 0 Å². The number of nitrogens with zero attached hydrogens (tertiary/aromatic N) is 1. The topological polar surface area (TPSA) is 75.8 Å². The van der Waals surface area contributed by atoms with Crippen LogP contribution in [0, 0.1) is 5.82 Å². The number of hydrogen-bond donors (Lipinski definition) is 2. The van der Waals surface area contributed by atoms with Crippen LogP contribution >= 0.6 is 0 Å². The number of hydrogen-bond acceptors (Lipinski definition) is 5. The van der Waals surface area contributed by atoms with E-state index in [0.29, 0.717) is 12.2 Å². The van der Waals surface area contributed by atoms with Gasteiger partial charge in [0, 0.05) is 12.2 Å². The molecule has 21 heavy (non-hydrogen) atoms. The van der Waals surface area contributed by atoms with Crippen LogP contribution in [0.2, 0.25) is 0 Å². The van der Waals surface area contributed by atoms with Gasteiger partial charge in [0.05, 0.1) is 30.5 Å². The van der Waals surface area contributed by atoms with E-state index in [2.05, 4.69) is 0 Å². The third-order valence-electron chi connectivity index (χ3n) is 3.76. The summed E-state index contributed by atoms with van der Waals surface area (Å²) in [5.41, 5.74) is 6.23. The van der Waals surface area contributed by atoms with Crippen molar-refractivity contribution in [2.45, 2.75) is 32.2 Å². The Kier molecular flexibility index (Phi) is 5.01. The zero-order chi connectivity index (χ0) is 15.4. The van der Waals surface area contributed by atoms with Crippen molar-refractivity contribution in [2.24, 2.45) is 0 Å². The number of piperidine rings is 1. The molecular weight excluding hydrogens is 275 g/mol. The lowest BCUT2D eigenvalue weighted by atomic mass is 10.0. The molecule has 1 fully saturated rings. The number of anilines is 2. The van der Waals surface area contributed by atoms with E-state index in [1.807, 2.05) is 0 Å². The number of carbonyl (C=O) groups is 1. The van der Waals surface area contributed by atoms with E-state index in [1.165, 1.54) is 6.07 Å². The van der Waals surface area contributed by atoms with Crippen LogP contribution in [0.25, 0.3) is 0 Å². The van der Waals surface area contributed by atoms with Crippen LogP contribution in [0.15, 0.2) is 12.1 Å². The Balaban J connectivity index is 2.38. The van der Waals surface area contributed by atoms with Crippen molar-refractivity contribution in [2.75, 3.05) is 30.4 Å². The standard InChI is InChI=1S/C15H21FN2O3/c1-2-21-15(20)11-7-14(12(16)8-13(11)17)18-6-4-3-5-10(18)9-19/h7-8,10,19H,2-6,9,17H2,1H3. The van der Waals surface area contributed by atoms with Gasteiger partial charge in [0.2, 0.25) is 0 Å². The van der Waals surface area contributed by atoms with Gasteiger partial charge in [-0.15, -0.1) is 0 Å². The van der Waals surface area contributed by atoms with Crippen molar-refractivity contribution in [3.05, 3.63) is 23.5 Å². The summed E-state index contributed by atoms with van der Waals surface area (Å²) in [6.07, 6.45) is 2.73. The molecule has 1 aliphatic heterocycles. The maximum Gasteiger partial charge on any atom is 0.340 e. The van der Waals surface area contributed by atoms with Crippen LogP contribution in [-0.2, 0) is 4.74 Å². The zero-order valence-electron chi connectivity index (χ0n) is 12.1. The highest BCUT2D eigenvalue weighted by atomic mass is 19.1. The molecule has 1 heterocycles. The fraction of sp³-hybridized carbons (Fsp3) is 0.533. The van der Waals surface area contributed by atoms with Crippen LogP contribution in [0.3, 0.4) is 0 Å². The van der Waals surface area contributed by atoms with E-state index in [-0.39, 0.29) is 30.5 Å². The first-order chi connectivity index (χ1) is 10.1. The lowest BCUT2D eigenvalue weighted by Gasteiger charge is -2.36. The second-order valence-corrected chi connectivity index (χ2v) is 5.14. The summed E-state index contributed by atoms with van der Waals surface area (Å²) in [5, 5.41) is 9.45. The first kappa shape index (κ1) is 15.6. The van der Waals surface area contributed by atoms with Gasteiger partial charge >= 0.3 is 5.97 Å². The number of esters is 1. The minimum absolute atomic E-state index is 0.0431. The molecule has 1 unspecified atom stereocenters. The number of nitrogens with two attached hydrogens (primary N) is 1. The summed E-state index contributed by atoms with van der Waals surface area (Å²) in [6.45, 7) is 2.53. The monoisotopic (exact) mass is 296 g/mol. The Hall–Kier alpha value is -1.82. The number of rotatable bonds is 4.